The predicted octanol–water partition coefficient (Wildman–Crippen LogP) is 6.73. The molecule has 0 bridgehead atoms. The van der Waals surface area contributed by atoms with Crippen molar-refractivity contribution in [2.75, 3.05) is 6.61 Å². The van der Waals surface area contributed by atoms with Crippen molar-refractivity contribution in [1.82, 2.24) is 9.55 Å². The second-order valence-electron chi connectivity index (χ2n) is 9.46. The van der Waals surface area contributed by atoms with E-state index in [9.17, 15) is 18.0 Å². The van der Waals surface area contributed by atoms with Crippen LogP contribution in [0.15, 0.2) is 36.4 Å². The predicted molar refractivity (Wildman–Crippen MR) is 125 cm³/mol. The highest BCUT2D eigenvalue weighted by Crippen LogP contribution is 2.42. The van der Waals surface area contributed by atoms with Crippen LogP contribution < -0.4 is 4.74 Å². The lowest BCUT2D eigenvalue weighted by Crippen LogP contribution is -2.12. The second kappa shape index (κ2) is 9.55. The average Bonchev–Trinajstić information content (AvgIpc) is 3.55. The van der Waals surface area contributed by atoms with E-state index in [0.29, 0.717) is 29.9 Å². The molecule has 3 aromatic rings. The van der Waals surface area contributed by atoms with Crippen LogP contribution in [0.3, 0.4) is 0 Å². The Morgan fingerprint density at radius 2 is 1.91 bits per heavy atom. The Bertz CT molecular complexity index is 1230. The summed E-state index contributed by atoms with van der Waals surface area (Å²) in [4.78, 5) is 16.7. The average molecular weight is 487 g/mol. The van der Waals surface area contributed by atoms with E-state index in [4.69, 9.17) is 14.5 Å². The summed E-state index contributed by atoms with van der Waals surface area (Å²) >= 11 is 0. The van der Waals surface area contributed by atoms with Crippen molar-refractivity contribution in [2.24, 2.45) is 0 Å². The van der Waals surface area contributed by atoms with Gasteiger partial charge in [0.2, 0.25) is 0 Å². The topological polar surface area (TPSA) is 53.4 Å². The van der Waals surface area contributed by atoms with Crippen LogP contribution in [0.25, 0.3) is 11.0 Å². The summed E-state index contributed by atoms with van der Waals surface area (Å²) in [5.74, 6) is 1.19. The van der Waals surface area contributed by atoms with E-state index in [2.05, 4.69) is 4.57 Å². The molecule has 186 valence electrons. The summed E-state index contributed by atoms with van der Waals surface area (Å²) in [5.41, 5.74) is 2.06. The molecule has 0 N–H and O–H groups in total. The fourth-order valence-corrected chi connectivity index (χ4v) is 5.49. The maximum absolute atomic E-state index is 13.8. The Hall–Kier alpha value is -3.03. The number of carbonyl (C=O) groups excluding carboxylic acids is 1. The Morgan fingerprint density at radius 1 is 1.11 bits per heavy atom. The fraction of sp³-hybridized carbons (Fsp3) is 0.481. The van der Waals surface area contributed by atoms with Gasteiger partial charge in [-0.2, -0.15) is 13.2 Å². The molecule has 2 aromatic carbocycles. The van der Waals surface area contributed by atoms with Gasteiger partial charge in [-0.05, 0) is 61.4 Å². The van der Waals surface area contributed by atoms with Crippen LogP contribution in [-0.4, -0.2) is 22.1 Å². The molecule has 1 saturated carbocycles. The third-order valence-electron chi connectivity index (χ3n) is 7.16. The number of rotatable bonds is 7. The molecule has 0 radical (unpaired) electrons. The number of hydrogen-bond acceptors (Lipinski definition) is 4. The number of nitrogens with zero attached hydrogens (tertiary/aromatic N) is 2. The highest BCUT2D eigenvalue weighted by Gasteiger charge is 2.36. The number of carbonyl (C=O) groups is 1. The molecule has 35 heavy (non-hydrogen) atoms. The van der Waals surface area contributed by atoms with Gasteiger partial charge in [0.25, 0.3) is 0 Å². The third kappa shape index (κ3) is 4.88. The quantitative estimate of drug-likeness (QED) is 0.348. The van der Waals surface area contributed by atoms with Gasteiger partial charge in [-0.25, -0.2) is 4.98 Å². The molecular formula is C27H29F3N2O3. The Labute approximate surface area is 202 Å². The van der Waals surface area contributed by atoms with Crippen molar-refractivity contribution >= 4 is 17.0 Å². The van der Waals surface area contributed by atoms with Crippen molar-refractivity contribution in [1.29, 1.82) is 0 Å². The highest BCUT2D eigenvalue weighted by molar-refractivity contribution is 5.79. The molecule has 1 aromatic heterocycles. The van der Waals surface area contributed by atoms with Crippen LogP contribution in [0, 0.1) is 0 Å². The molecule has 8 heteroatoms. The van der Waals surface area contributed by atoms with E-state index in [-0.39, 0.29) is 24.4 Å². The Morgan fingerprint density at radius 3 is 2.66 bits per heavy atom. The van der Waals surface area contributed by atoms with Gasteiger partial charge in [0, 0.05) is 18.5 Å². The van der Waals surface area contributed by atoms with Crippen LogP contribution in [0.4, 0.5) is 13.2 Å². The minimum atomic E-state index is -4.38. The number of ether oxygens (including phenoxy) is 2. The molecule has 2 heterocycles. The van der Waals surface area contributed by atoms with Crippen LogP contribution in [0.5, 0.6) is 5.75 Å². The first-order valence-corrected chi connectivity index (χ1v) is 12.3. The van der Waals surface area contributed by atoms with E-state index in [1.165, 1.54) is 6.07 Å². The monoisotopic (exact) mass is 486 g/mol. The summed E-state index contributed by atoms with van der Waals surface area (Å²) < 4.78 is 54.4. The lowest BCUT2D eigenvalue weighted by molar-refractivity contribution is -0.143. The number of hydrogen-bond donors (Lipinski definition) is 0. The first-order valence-electron chi connectivity index (χ1n) is 12.3. The normalized spacial score (nSPS) is 18.2. The van der Waals surface area contributed by atoms with E-state index in [0.717, 1.165) is 55.5 Å². The molecule has 5 nitrogen and oxygen atoms in total. The van der Waals surface area contributed by atoms with Crippen LogP contribution in [0.2, 0.25) is 0 Å². The summed E-state index contributed by atoms with van der Waals surface area (Å²) in [7, 11) is 0. The number of halogens is 3. The number of alkyl halides is 3. The molecule has 0 amide bonds. The first kappa shape index (κ1) is 23.7. The first-order chi connectivity index (χ1) is 16.8. The zero-order valence-corrected chi connectivity index (χ0v) is 19.7. The maximum Gasteiger partial charge on any atom is 0.416 e. The van der Waals surface area contributed by atoms with Gasteiger partial charge in [-0.1, -0.05) is 25.0 Å². The van der Waals surface area contributed by atoms with Gasteiger partial charge in [0.05, 0.1) is 29.6 Å². The van der Waals surface area contributed by atoms with Crippen LogP contribution in [-0.2, 0) is 28.9 Å². The van der Waals surface area contributed by atoms with E-state index in [1.54, 1.807) is 25.1 Å². The van der Waals surface area contributed by atoms with Gasteiger partial charge in [-0.15, -0.1) is 0 Å². The zero-order valence-electron chi connectivity index (χ0n) is 19.7. The molecule has 1 aliphatic carbocycles. The van der Waals surface area contributed by atoms with Gasteiger partial charge >= 0.3 is 12.1 Å². The third-order valence-corrected chi connectivity index (χ3v) is 7.16. The Balaban J connectivity index is 1.32. The van der Waals surface area contributed by atoms with E-state index in [1.807, 2.05) is 12.1 Å². The molecule has 5 rings (SSSR count). The number of fused-ring (bicyclic) bond motifs is 3. The number of aromatic nitrogens is 2. The summed E-state index contributed by atoms with van der Waals surface area (Å²) in [6, 6.07) is 10.1. The molecule has 0 saturated heterocycles. The minimum absolute atomic E-state index is 0.0143. The van der Waals surface area contributed by atoms with Crippen molar-refractivity contribution in [3.63, 3.8) is 0 Å². The molecule has 1 fully saturated rings. The van der Waals surface area contributed by atoms with E-state index >= 15 is 0 Å². The molecule has 1 aliphatic heterocycles. The van der Waals surface area contributed by atoms with Crippen LogP contribution in [0.1, 0.15) is 79.8 Å². The molecule has 1 atom stereocenters. The second-order valence-corrected chi connectivity index (χ2v) is 9.46. The fourth-order valence-electron chi connectivity index (χ4n) is 5.49. The van der Waals surface area contributed by atoms with Crippen molar-refractivity contribution < 1.29 is 27.4 Å². The van der Waals surface area contributed by atoms with Crippen molar-refractivity contribution in [3.05, 3.63) is 58.9 Å². The summed E-state index contributed by atoms with van der Waals surface area (Å²) in [5, 5.41) is 0. The molecule has 2 aliphatic rings. The van der Waals surface area contributed by atoms with Gasteiger partial charge in [-0.3, -0.25) is 4.79 Å². The lowest BCUT2D eigenvalue weighted by Gasteiger charge is -2.19. The highest BCUT2D eigenvalue weighted by atomic mass is 19.4. The van der Waals surface area contributed by atoms with Crippen molar-refractivity contribution in [3.8, 4) is 5.75 Å². The number of esters is 1. The van der Waals surface area contributed by atoms with Gasteiger partial charge in [0.15, 0.2) is 0 Å². The SMILES string of the molecule is CCOC(=O)CC1CCn2c1nc1cc(OCc3ccc(C4CCCC4)c(C(F)(F)F)c3)ccc12. The standard InChI is InChI=1S/C27H29F3N2O3/c1-2-34-25(33)14-19-11-12-32-24-10-8-20(15-23(24)31-26(19)32)35-16-17-7-9-21(18-5-3-4-6-18)22(13-17)27(28,29)30/h7-10,13,15,18-19H,2-6,11-12,14,16H2,1H3. The number of imidazole rings is 1. The van der Waals surface area contributed by atoms with Gasteiger partial charge < -0.3 is 14.0 Å². The van der Waals surface area contributed by atoms with E-state index < -0.39 is 11.7 Å². The lowest BCUT2D eigenvalue weighted by atomic mass is 9.91. The van der Waals surface area contributed by atoms with Gasteiger partial charge in [0.1, 0.15) is 18.2 Å². The molecule has 0 spiro atoms. The molecular weight excluding hydrogens is 457 g/mol. The Kier molecular flexibility index (Phi) is 6.47. The van der Waals surface area contributed by atoms with Crippen molar-refractivity contribution in [2.45, 2.75) is 76.6 Å². The largest absolute Gasteiger partial charge is 0.489 e. The number of aryl methyl sites for hydroxylation is 1. The smallest absolute Gasteiger partial charge is 0.416 e. The number of benzene rings is 2. The summed E-state index contributed by atoms with van der Waals surface area (Å²) in [6.07, 6.45) is 0.353. The minimum Gasteiger partial charge on any atom is -0.489 e. The van der Waals surface area contributed by atoms with Crippen LogP contribution >= 0.6 is 0 Å². The molecule has 1 unspecified atom stereocenters. The zero-order chi connectivity index (χ0) is 24.6. The summed E-state index contributed by atoms with van der Waals surface area (Å²) in [6.45, 7) is 2.97. The maximum atomic E-state index is 13.8.